The zero-order chi connectivity index (χ0) is 53.0. The van der Waals surface area contributed by atoms with Crippen molar-refractivity contribution in [3.63, 3.8) is 0 Å². The predicted octanol–water partition coefficient (Wildman–Crippen LogP) is 8.03. The Hall–Kier alpha value is -7.10. The maximum Gasteiger partial charge on any atom is 0.326 e. The second-order valence-electron chi connectivity index (χ2n) is 19.4. The number of urea groups is 2. The third-order valence-electron chi connectivity index (χ3n) is 10.8. The third-order valence-corrected chi connectivity index (χ3v) is 10.8. The van der Waals surface area contributed by atoms with E-state index in [4.69, 9.17) is 19.3 Å². The summed E-state index contributed by atoms with van der Waals surface area (Å²) < 4.78 is 16.0. The Morgan fingerprint density at radius 3 is 1.24 bits per heavy atom. The first-order valence-corrected chi connectivity index (χ1v) is 23.0. The van der Waals surface area contributed by atoms with Gasteiger partial charge in [0.15, 0.2) is 23.8 Å². The Kier molecular flexibility index (Phi) is 22.9. The molecule has 4 amide bonds. The molecular formula is C54H72N4O12. The van der Waals surface area contributed by atoms with Crippen LogP contribution in [0.15, 0.2) is 130 Å². The fourth-order valence-corrected chi connectivity index (χ4v) is 7.27. The average molecular weight is 969 g/mol. The van der Waals surface area contributed by atoms with Gasteiger partial charge in [-0.3, -0.25) is 28.8 Å². The molecule has 0 aliphatic heterocycles. The first-order valence-electron chi connectivity index (χ1n) is 23.0. The standard InChI is InChI=1S/C54H72N4O12/c1-34(20-16-22-36(3)24-26-40-38(5)48(64)42(28-53(40,10)11)68-45(61)31-56-50(66)55-30-44(59)60)18-14-15-19-35(2)21-17-23-37(4)25-27-41-39(6)49(65)43(29-54(41,12)13)69-46(62)32-57-51(67)58-33-47(63)70-52(7,8)9/h14-27,42-43H,28-33H2,1-13H3,(H,59,60)(H2,55,56,66)(H2,57,58,67). The fourth-order valence-electron chi connectivity index (χ4n) is 7.27. The minimum atomic E-state index is -1.23. The molecule has 16 heteroatoms. The summed E-state index contributed by atoms with van der Waals surface area (Å²) in [6.45, 7) is 22.3. The maximum absolute atomic E-state index is 13.3. The molecule has 0 bridgehead atoms. The van der Waals surface area contributed by atoms with E-state index >= 15 is 0 Å². The van der Waals surface area contributed by atoms with Crippen molar-refractivity contribution in [2.45, 2.75) is 121 Å². The first kappa shape index (κ1) is 59.0. The number of carbonyl (C=O) groups is 8. The molecule has 2 atom stereocenters. The molecule has 0 spiro atoms. The maximum atomic E-state index is 13.3. The molecule has 0 saturated heterocycles. The number of allylic oxidation sites excluding steroid dienone is 20. The Morgan fingerprint density at radius 2 is 0.886 bits per heavy atom. The summed E-state index contributed by atoms with van der Waals surface area (Å²) in [7, 11) is 0. The van der Waals surface area contributed by atoms with Crippen LogP contribution in [0.2, 0.25) is 0 Å². The Morgan fingerprint density at radius 1 is 0.557 bits per heavy atom. The number of amides is 4. The highest BCUT2D eigenvalue weighted by Crippen LogP contribution is 2.42. The number of nitrogens with one attached hydrogen (secondary N) is 4. The second-order valence-corrected chi connectivity index (χ2v) is 19.4. The van der Waals surface area contributed by atoms with E-state index in [-0.39, 0.29) is 31.0 Å². The van der Waals surface area contributed by atoms with Gasteiger partial charge < -0.3 is 40.6 Å². The van der Waals surface area contributed by atoms with Crippen molar-refractivity contribution in [2.75, 3.05) is 26.2 Å². The zero-order valence-corrected chi connectivity index (χ0v) is 42.9. The monoisotopic (exact) mass is 969 g/mol. The fraction of sp³-hybridized carbons (Fsp3) is 0.444. The van der Waals surface area contributed by atoms with Gasteiger partial charge in [-0.25, -0.2) is 9.59 Å². The van der Waals surface area contributed by atoms with Gasteiger partial charge in [-0.1, -0.05) is 135 Å². The molecule has 0 heterocycles. The van der Waals surface area contributed by atoms with Crippen LogP contribution in [-0.2, 0) is 43.0 Å². The van der Waals surface area contributed by atoms with Crippen LogP contribution in [0.25, 0.3) is 0 Å². The van der Waals surface area contributed by atoms with Crippen molar-refractivity contribution in [3.05, 3.63) is 130 Å². The van der Waals surface area contributed by atoms with Crippen LogP contribution in [0.4, 0.5) is 9.59 Å². The van der Waals surface area contributed by atoms with Gasteiger partial charge in [-0.15, -0.1) is 0 Å². The highest BCUT2D eigenvalue weighted by molar-refractivity contribution is 6.02. The second kappa shape index (κ2) is 27.2. The lowest BCUT2D eigenvalue weighted by molar-refractivity contribution is -0.155. The van der Waals surface area contributed by atoms with Crippen molar-refractivity contribution in [1.82, 2.24) is 21.3 Å². The Labute approximate surface area is 412 Å². The summed E-state index contributed by atoms with van der Waals surface area (Å²) in [5.74, 6) is -4.06. The third kappa shape index (κ3) is 21.5. The van der Waals surface area contributed by atoms with Crippen LogP contribution < -0.4 is 21.3 Å². The van der Waals surface area contributed by atoms with E-state index in [1.165, 1.54) is 0 Å². The van der Waals surface area contributed by atoms with Crippen molar-refractivity contribution in [3.8, 4) is 0 Å². The molecule has 0 aromatic rings. The molecular weight excluding hydrogens is 897 g/mol. The number of esters is 3. The average Bonchev–Trinajstić information content (AvgIpc) is 3.24. The molecule has 0 radical (unpaired) electrons. The van der Waals surface area contributed by atoms with Gasteiger partial charge in [0, 0.05) is 12.8 Å². The van der Waals surface area contributed by atoms with Crippen molar-refractivity contribution in [2.24, 2.45) is 10.8 Å². The summed E-state index contributed by atoms with van der Waals surface area (Å²) in [6, 6.07) is -1.59. The molecule has 0 aromatic heterocycles. The van der Waals surface area contributed by atoms with E-state index in [0.717, 1.165) is 33.4 Å². The molecule has 0 fully saturated rings. The number of ether oxygens (including phenoxy) is 3. The summed E-state index contributed by atoms with van der Waals surface area (Å²) in [6.07, 6.45) is 25.9. The quantitative estimate of drug-likeness (QED) is 0.0443. The smallest absolute Gasteiger partial charge is 0.326 e. The van der Waals surface area contributed by atoms with E-state index in [1.807, 2.05) is 140 Å². The molecule has 2 unspecified atom stereocenters. The van der Waals surface area contributed by atoms with Crippen LogP contribution >= 0.6 is 0 Å². The van der Waals surface area contributed by atoms with Crippen LogP contribution in [0.1, 0.15) is 103 Å². The number of aliphatic carboxylic acids is 1. The minimum absolute atomic E-state index is 0.253. The number of carbonyl (C=O) groups excluding carboxylic acids is 7. The van der Waals surface area contributed by atoms with Gasteiger partial charge in [-0.2, -0.15) is 0 Å². The molecule has 380 valence electrons. The number of hydrogen-bond acceptors (Lipinski definition) is 11. The summed E-state index contributed by atoms with van der Waals surface area (Å²) in [5, 5.41) is 17.6. The highest BCUT2D eigenvalue weighted by atomic mass is 16.6. The molecule has 0 saturated carbocycles. The lowest BCUT2D eigenvalue weighted by atomic mass is 9.71. The number of carboxylic acids is 1. The largest absolute Gasteiger partial charge is 0.480 e. The van der Waals surface area contributed by atoms with E-state index in [9.17, 15) is 38.4 Å². The number of carboxylic acid groups (broad SMARTS) is 1. The van der Waals surface area contributed by atoms with Crippen LogP contribution in [0.3, 0.4) is 0 Å². The minimum Gasteiger partial charge on any atom is -0.480 e. The Balaban J connectivity index is 1.93. The SMILES string of the molecule is CC(C=CC=C(C)C=CC1=C(C)C(=O)C(OC(=O)CNC(=O)NCC(=O)O)CC1(C)C)=CC=CC=C(C)C=CC=C(C)C=CC1=C(C)C(=O)C(OC(=O)CNC(=O)NCC(=O)OC(C)(C)C)CC1(C)C. The van der Waals surface area contributed by atoms with E-state index in [0.29, 0.717) is 11.1 Å². The Bertz CT molecular complexity index is 2370. The van der Waals surface area contributed by atoms with Crippen molar-refractivity contribution < 1.29 is 57.7 Å². The molecule has 70 heavy (non-hydrogen) atoms. The predicted molar refractivity (Wildman–Crippen MR) is 269 cm³/mol. The molecule has 2 aliphatic carbocycles. The summed E-state index contributed by atoms with van der Waals surface area (Å²) >= 11 is 0. The van der Waals surface area contributed by atoms with E-state index in [1.54, 1.807) is 34.6 Å². The lowest BCUT2D eigenvalue weighted by Gasteiger charge is -2.36. The number of ketones is 2. The van der Waals surface area contributed by atoms with E-state index < -0.39 is 84.2 Å². The van der Waals surface area contributed by atoms with Crippen molar-refractivity contribution in [1.29, 1.82) is 0 Å². The number of Topliss-reactive ketones (excluding diaryl/α,β-unsaturated/α-hetero) is 2. The molecule has 5 N–H and O–H groups in total. The van der Waals surface area contributed by atoms with Gasteiger partial charge in [-0.05, 0) is 95.4 Å². The normalized spacial score (nSPS) is 19.4. The number of rotatable bonds is 20. The first-order chi connectivity index (χ1) is 32.5. The molecule has 0 aromatic carbocycles. The summed E-state index contributed by atoms with van der Waals surface area (Å²) in [5.41, 5.74) is 4.95. The van der Waals surface area contributed by atoms with Crippen LogP contribution in [0, 0.1) is 10.8 Å². The van der Waals surface area contributed by atoms with Gasteiger partial charge in [0.25, 0.3) is 0 Å². The summed E-state index contributed by atoms with van der Waals surface area (Å²) in [4.78, 5) is 97.4. The topological polar surface area (TPSA) is 233 Å². The van der Waals surface area contributed by atoms with E-state index in [2.05, 4.69) is 21.3 Å². The highest BCUT2D eigenvalue weighted by Gasteiger charge is 2.41. The number of hydrogen-bond donors (Lipinski definition) is 5. The lowest BCUT2D eigenvalue weighted by Crippen LogP contribution is -2.44. The van der Waals surface area contributed by atoms with Gasteiger partial charge in [0.1, 0.15) is 31.8 Å². The van der Waals surface area contributed by atoms with Gasteiger partial charge in [0.05, 0.1) is 0 Å². The molecule has 2 rings (SSSR count). The zero-order valence-electron chi connectivity index (χ0n) is 42.9. The van der Waals surface area contributed by atoms with Crippen LogP contribution in [0.5, 0.6) is 0 Å². The molecule has 2 aliphatic rings. The van der Waals surface area contributed by atoms with Gasteiger partial charge >= 0.3 is 35.9 Å². The van der Waals surface area contributed by atoms with Crippen LogP contribution in [-0.4, -0.2) is 96.6 Å². The molecule has 16 nitrogen and oxygen atoms in total. The van der Waals surface area contributed by atoms with Crippen molar-refractivity contribution >= 4 is 47.5 Å². The van der Waals surface area contributed by atoms with Gasteiger partial charge in [0.2, 0.25) is 0 Å².